The molecule has 0 bridgehead atoms. The van der Waals surface area contributed by atoms with Crippen LogP contribution in [0.1, 0.15) is 10.4 Å². The number of halogens is 2. The third-order valence-electron chi connectivity index (χ3n) is 2.05. The average Bonchev–Trinajstić information content (AvgIpc) is 2.16. The summed E-state index contributed by atoms with van der Waals surface area (Å²) in [6.07, 6.45) is 0. The van der Waals surface area contributed by atoms with Gasteiger partial charge >= 0.3 is 0 Å². The van der Waals surface area contributed by atoms with E-state index in [-0.39, 0.29) is 0 Å². The lowest BCUT2D eigenvalue weighted by Gasteiger charge is -2.01. The molecule has 0 radical (unpaired) electrons. The number of benzene rings is 2. The van der Waals surface area contributed by atoms with Crippen LogP contribution in [0.4, 0.5) is 0 Å². The minimum atomic E-state index is -0.527. The average molecular weight is 225 g/mol. The van der Waals surface area contributed by atoms with Gasteiger partial charge in [-0.25, -0.2) is 0 Å². The minimum Gasteiger partial charge on any atom is -0.276 e. The molecule has 14 heavy (non-hydrogen) atoms. The van der Waals surface area contributed by atoms with Crippen molar-refractivity contribution in [3.8, 4) is 0 Å². The Balaban J connectivity index is 2.77. The molecule has 0 saturated carbocycles. The zero-order valence-corrected chi connectivity index (χ0v) is 8.64. The molecule has 2 aromatic rings. The van der Waals surface area contributed by atoms with Crippen LogP contribution < -0.4 is 0 Å². The van der Waals surface area contributed by atoms with Crippen LogP contribution in [0.2, 0.25) is 5.02 Å². The second-order valence-corrected chi connectivity index (χ2v) is 3.70. The van der Waals surface area contributed by atoms with Gasteiger partial charge in [0.15, 0.2) is 0 Å². The zero-order valence-electron chi connectivity index (χ0n) is 7.13. The molecule has 0 unspecified atom stereocenters. The molecular formula is C11H6Cl2O. The molecule has 1 nitrogen and oxygen atoms in total. The van der Waals surface area contributed by atoms with Gasteiger partial charge in [0.25, 0.3) is 5.24 Å². The number of carbonyl (C=O) groups excluding carboxylic acids is 1. The third-order valence-corrected chi connectivity index (χ3v) is 2.56. The molecule has 0 spiro atoms. The maximum Gasteiger partial charge on any atom is 0.253 e. The second kappa shape index (κ2) is 3.60. The SMILES string of the molecule is O=C(Cl)c1cc2ccccc2cc1Cl. The van der Waals surface area contributed by atoms with Gasteiger partial charge in [0.05, 0.1) is 10.6 Å². The summed E-state index contributed by atoms with van der Waals surface area (Å²) in [4.78, 5) is 11.0. The lowest BCUT2D eigenvalue weighted by atomic mass is 10.1. The van der Waals surface area contributed by atoms with Crippen LogP contribution in [0.3, 0.4) is 0 Å². The smallest absolute Gasteiger partial charge is 0.253 e. The summed E-state index contributed by atoms with van der Waals surface area (Å²) < 4.78 is 0. The molecule has 3 heteroatoms. The predicted molar refractivity (Wildman–Crippen MR) is 59.1 cm³/mol. The van der Waals surface area contributed by atoms with Gasteiger partial charge in [0.1, 0.15) is 0 Å². The van der Waals surface area contributed by atoms with Crippen molar-refractivity contribution in [1.29, 1.82) is 0 Å². The van der Waals surface area contributed by atoms with Gasteiger partial charge in [-0.05, 0) is 34.5 Å². The molecule has 0 aliphatic rings. The van der Waals surface area contributed by atoms with E-state index in [0.717, 1.165) is 10.8 Å². The summed E-state index contributed by atoms with van der Waals surface area (Å²) in [7, 11) is 0. The number of carbonyl (C=O) groups is 1. The molecule has 2 rings (SSSR count). The molecule has 0 heterocycles. The van der Waals surface area contributed by atoms with Crippen molar-refractivity contribution >= 4 is 39.2 Å². The minimum absolute atomic E-state index is 0.354. The quantitative estimate of drug-likeness (QED) is 0.673. The van der Waals surface area contributed by atoms with E-state index in [9.17, 15) is 4.79 Å². The molecule has 0 saturated heterocycles. The Bertz CT molecular complexity index is 506. The van der Waals surface area contributed by atoms with Gasteiger partial charge in [-0.2, -0.15) is 0 Å². The van der Waals surface area contributed by atoms with Gasteiger partial charge in [0, 0.05) is 0 Å². The molecule has 0 fully saturated rings. The monoisotopic (exact) mass is 224 g/mol. The van der Waals surface area contributed by atoms with E-state index in [2.05, 4.69) is 0 Å². The van der Waals surface area contributed by atoms with Crippen molar-refractivity contribution in [2.45, 2.75) is 0 Å². The van der Waals surface area contributed by atoms with Crippen LogP contribution in [-0.4, -0.2) is 5.24 Å². The van der Waals surface area contributed by atoms with E-state index in [1.165, 1.54) is 0 Å². The van der Waals surface area contributed by atoms with Crippen LogP contribution in [0.15, 0.2) is 36.4 Å². The number of fused-ring (bicyclic) bond motifs is 1. The van der Waals surface area contributed by atoms with E-state index in [1.54, 1.807) is 12.1 Å². The first-order valence-corrected chi connectivity index (χ1v) is 4.82. The highest BCUT2D eigenvalue weighted by molar-refractivity contribution is 6.68. The van der Waals surface area contributed by atoms with Gasteiger partial charge < -0.3 is 0 Å². The number of hydrogen-bond donors (Lipinski definition) is 0. The summed E-state index contributed by atoms with van der Waals surface area (Å²) >= 11 is 11.3. The summed E-state index contributed by atoms with van der Waals surface area (Å²) in [5.74, 6) is 0. The zero-order chi connectivity index (χ0) is 10.1. The Morgan fingerprint density at radius 1 is 1.07 bits per heavy atom. The van der Waals surface area contributed by atoms with Gasteiger partial charge in [-0.3, -0.25) is 4.79 Å². The maximum absolute atomic E-state index is 11.0. The van der Waals surface area contributed by atoms with Crippen LogP contribution >= 0.6 is 23.2 Å². The first-order valence-electron chi connectivity index (χ1n) is 4.06. The molecule has 0 aliphatic carbocycles. The highest BCUT2D eigenvalue weighted by Crippen LogP contribution is 2.24. The highest BCUT2D eigenvalue weighted by atomic mass is 35.5. The van der Waals surface area contributed by atoms with Crippen molar-refractivity contribution in [2.75, 3.05) is 0 Å². The highest BCUT2D eigenvalue weighted by Gasteiger charge is 2.08. The normalized spacial score (nSPS) is 10.4. The van der Waals surface area contributed by atoms with E-state index in [0.29, 0.717) is 10.6 Å². The van der Waals surface area contributed by atoms with Crippen LogP contribution in [0.5, 0.6) is 0 Å². The third kappa shape index (κ3) is 1.61. The fraction of sp³-hybridized carbons (Fsp3) is 0. The van der Waals surface area contributed by atoms with Crippen molar-refractivity contribution in [3.05, 3.63) is 47.0 Å². The van der Waals surface area contributed by atoms with Gasteiger partial charge in [0.2, 0.25) is 0 Å². The Hall–Kier alpha value is -1.05. The number of hydrogen-bond acceptors (Lipinski definition) is 1. The van der Waals surface area contributed by atoms with Gasteiger partial charge in [-0.15, -0.1) is 0 Å². The first-order chi connectivity index (χ1) is 6.68. The lowest BCUT2D eigenvalue weighted by Crippen LogP contribution is -1.90. The lowest BCUT2D eigenvalue weighted by molar-refractivity contribution is 0.108. The summed E-state index contributed by atoms with van der Waals surface area (Å²) in [6.45, 7) is 0. The Kier molecular flexibility index (Phi) is 2.44. The maximum atomic E-state index is 11.0. The molecule has 0 N–H and O–H groups in total. The van der Waals surface area contributed by atoms with E-state index in [4.69, 9.17) is 23.2 Å². The van der Waals surface area contributed by atoms with Crippen molar-refractivity contribution in [2.24, 2.45) is 0 Å². The topological polar surface area (TPSA) is 17.1 Å². The van der Waals surface area contributed by atoms with Crippen LogP contribution in [-0.2, 0) is 0 Å². The van der Waals surface area contributed by atoms with Crippen molar-refractivity contribution in [1.82, 2.24) is 0 Å². The number of rotatable bonds is 1. The Labute approximate surface area is 91.2 Å². The molecule has 0 amide bonds. The molecule has 0 aromatic heterocycles. The molecule has 2 aromatic carbocycles. The standard InChI is InChI=1S/C11H6Cl2O/c12-10-6-8-4-2-1-3-7(8)5-9(10)11(13)14/h1-6H. The summed E-state index contributed by atoms with van der Waals surface area (Å²) in [5, 5.41) is 1.82. The molecule has 0 atom stereocenters. The second-order valence-electron chi connectivity index (χ2n) is 2.95. The predicted octanol–water partition coefficient (Wildman–Crippen LogP) is 3.87. The van der Waals surface area contributed by atoms with Gasteiger partial charge in [-0.1, -0.05) is 35.9 Å². The largest absolute Gasteiger partial charge is 0.276 e. The van der Waals surface area contributed by atoms with E-state index in [1.807, 2.05) is 24.3 Å². The van der Waals surface area contributed by atoms with Crippen molar-refractivity contribution in [3.63, 3.8) is 0 Å². The van der Waals surface area contributed by atoms with Crippen LogP contribution in [0.25, 0.3) is 10.8 Å². The van der Waals surface area contributed by atoms with Crippen molar-refractivity contribution < 1.29 is 4.79 Å². The molecular weight excluding hydrogens is 219 g/mol. The Morgan fingerprint density at radius 2 is 1.64 bits per heavy atom. The van der Waals surface area contributed by atoms with Crippen LogP contribution in [0, 0.1) is 0 Å². The fourth-order valence-corrected chi connectivity index (χ4v) is 1.83. The van der Waals surface area contributed by atoms with E-state index < -0.39 is 5.24 Å². The summed E-state index contributed by atoms with van der Waals surface area (Å²) in [5.41, 5.74) is 0.354. The first kappa shape index (κ1) is 9.50. The Morgan fingerprint density at radius 3 is 2.21 bits per heavy atom. The molecule has 70 valence electrons. The fourth-order valence-electron chi connectivity index (χ4n) is 1.36. The molecule has 0 aliphatic heterocycles. The summed E-state index contributed by atoms with van der Waals surface area (Å²) in [6, 6.07) is 11.1. The van der Waals surface area contributed by atoms with E-state index >= 15 is 0 Å².